The van der Waals surface area contributed by atoms with Crippen molar-refractivity contribution < 1.29 is 23.2 Å². The molecule has 3 aromatic rings. The fraction of sp³-hybridized carbons (Fsp3) is 0.259. The molecule has 0 bridgehead atoms. The maximum Gasteiger partial charge on any atom is 0.319 e. The third-order valence-electron chi connectivity index (χ3n) is 6.68. The number of carbonyl (C=O) groups is 3. The van der Waals surface area contributed by atoms with E-state index in [1.54, 1.807) is 17.2 Å². The van der Waals surface area contributed by atoms with Gasteiger partial charge in [-0.2, -0.15) is 0 Å². The summed E-state index contributed by atoms with van der Waals surface area (Å²) in [6, 6.07) is 13.3. The fourth-order valence-electron chi connectivity index (χ4n) is 4.68. The molecule has 1 atom stereocenters. The molecule has 8 nitrogen and oxygen atoms in total. The van der Waals surface area contributed by atoms with Gasteiger partial charge in [0.05, 0.1) is 29.5 Å². The van der Waals surface area contributed by atoms with Gasteiger partial charge in [-0.1, -0.05) is 24.3 Å². The van der Waals surface area contributed by atoms with E-state index < -0.39 is 35.4 Å². The third-order valence-corrected chi connectivity index (χ3v) is 6.68. The van der Waals surface area contributed by atoms with Crippen LogP contribution in [-0.4, -0.2) is 42.0 Å². The van der Waals surface area contributed by atoms with Gasteiger partial charge in [0.25, 0.3) is 0 Å². The summed E-state index contributed by atoms with van der Waals surface area (Å²) in [5.41, 5.74) is 3.46. The smallest absolute Gasteiger partial charge is 0.319 e. The number of piperidine rings is 1. The molecule has 2 fully saturated rings. The molecule has 10 heteroatoms. The molecule has 2 aliphatic heterocycles. The number of aromatic nitrogens is 1. The Morgan fingerprint density at radius 3 is 2.46 bits per heavy atom. The second-order valence-electron chi connectivity index (χ2n) is 9.27. The summed E-state index contributed by atoms with van der Waals surface area (Å²) in [5, 5.41) is 7.70. The molecule has 2 aliphatic rings. The van der Waals surface area contributed by atoms with E-state index in [4.69, 9.17) is 0 Å². The molecule has 1 aromatic heterocycles. The number of halogens is 2. The molecule has 3 heterocycles. The second-order valence-corrected chi connectivity index (χ2v) is 9.27. The Balaban J connectivity index is 1.15. The lowest BCUT2D eigenvalue weighted by Gasteiger charge is -2.41. The molecule has 0 aliphatic carbocycles. The first-order valence-electron chi connectivity index (χ1n) is 12.0. The maximum atomic E-state index is 14.8. The van der Waals surface area contributed by atoms with E-state index in [1.165, 1.54) is 12.1 Å². The van der Waals surface area contributed by atoms with Gasteiger partial charge in [-0.15, -0.1) is 0 Å². The minimum Gasteiger partial charge on any atom is -0.367 e. The Hall–Kier alpha value is -4.34. The summed E-state index contributed by atoms with van der Waals surface area (Å²) >= 11 is 0. The average Bonchev–Trinajstić information content (AvgIpc) is 2.83. The summed E-state index contributed by atoms with van der Waals surface area (Å²) in [4.78, 5) is 41.9. The van der Waals surface area contributed by atoms with Crippen molar-refractivity contribution in [3.8, 4) is 11.3 Å². The SMILES string of the molecule is Cc1ccccc1-c1ccc(NC(=O)NC2CN(c3cc(F)c(C4CCC(=O)NC4=O)c(F)c3)C2)cn1. The van der Waals surface area contributed by atoms with Crippen LogP contribution in [0.15, 0.2) is 54.7 Å². The van der Waals surface area contributed by atoms with Gasteiger partial charge in [0.2, 0.25) is 11.8 Å². The molecular weight excluding hydrogens is 480 g/mol. The zero-order valence-corrected chi connectivity index (χ0v) is 20.1. The first kappa shape index (κ1) is 24.4. The number of imide groups is 1. The molecule has 0 spiro atoms. The van der Waals surface area contributed by atoms with Crippen molar-refractivity contribution in [1.82, 2.24) is 15.6 Å². The van der Waals surface area contributed by atoms with Crippen molar-refractivity contribution in [2.75, 3.05) is 23.3 Å². The van der Waals surface area contributed by atoms with Gasteiger partial charge in [0.15, 0.2) is 0 Å². The highest BCUT2D eigenvalue weighted by Crippen LogP contribution is 2.33. The van der Waals surface area contributed by atoms with Gasteiger partial charge in [0.1, 0.15) is 11.6 Å². The summed E-state index contributed by atoms with van der Waals surface area (Å²) in [6.45, 7) is 2.75. The molecule has 5 rings (SSSR count). The van der Waals surface area contributed by atoms with E-state index in [2.05, 4.69) is 20.9 Å². The van der Waals surface area contributed by atoms with Crippen LogP contribution in [0, 0.1) is 18.6 Å². The molecule has 0 saturated carbocycles. The quantitative estimate of drug-likeness (QED) is 0.457. The lowest BCUT2D eigenvalue weighted by Crippen LogP contribution is -2.60. The Morgan fingerprint density at radius 1 is 1.08 bits per heavy atom. The summed E-state index contributed by atoms with van der Waals surface area (Å²) in [5.74, 6) is -3.85. The topological polar surface area (TPSA) is 103 Å². The number of carbonyl (C=O) groups excluding carboxylic acids is 3. The maximum absolute atomic E-state index is 14.8. The van der Waals surface area contributed by atoms with Crippen LogP contribution in [-0.2, 0) is 9.59 Å². The van der Waals surface area contributed by atoms with Crippen molar-refractivity contribution in [3.63, 3.8) is 0 Å². The number of benzene rings is 2. The minimum absolute atomic E-state index is 0.0332. The number of nitrogens with zero attached hydrogens (tertiary/aromatic N) is 2. The van der Waals surface area contributed by atoms with Gasteiger partial charge in [-0.25, -0.2) is 13.6 Å². The van der Waals surface area contributed by atoms with E-state index in [1.807, 2.05) is 37.3 Å². The number of aryl methyl sites for hydroxylation is 1. The molecule has 3 N–H and O–H groups in total. The Morgan fingerprint density at radius 2 is 1.81 bits per heavy atom. The zero-order chi connectivity index (χ0) is 26.1. The Kier molecular flexibility index (Phi) is 6.56. The van der Waals surface area contributed by atoms with Gasteiger partial charge in [-0.05, 0) is 43.2 Å². The van der Waals surface area contributed by atoms with Crippen LogP contribution in [0.4, 0.5) is 25.0 Å². The summed E-state index contributed by atoms with van der Waals surface area (Å²) < 4.78 is 29.6. The number of pyridine rings is 1. The fourth-order valence-corrected chi connectivity index (χ4v) is 4.68. The van der Waals surface area contributed by atoms with Crippen molar-refractivity contribution in [3.05, 3.63) is 77.5 Å². The first-order chi connectivity index (χ1) is 17.8. The highest BCUT2D eigenvalue weighted by atomic mass is 19.1. The summed E-state index contributed by atoms with van der Waals surface area (Å²) in [7, 11) is 0. The Bertz CT molecular complexity index is 1350. The van der Waals surface area contributed by atoms with Gasteiger partial charge in [0, 0.05) is 36.3 Å². The molecule has 1 unspecified atom stereocenters. The normalized spacial score (nSPS) is 17.7. The van der Waals surface area contributed by atoms with Gasteiger partial charge >= 0.3 is 6.03 Å². The van der Waals surface area contributed by atoms with Crippen molar-refractivity contribution >= 4 is 29.2 Å². The average molecular weight is 506 g/mol. The van der Waals surface area contributed by atoms with E-state index >= 15 is 0 Å². The minimum atomic E-state index is -1.04. The lowest BCUT2D eigenvalue weighted by atomic mass is 9.89. The monoisotopic (exact) mass is 505 g/mol. The van der Waals surface area contributed by atoms with Crippen LogP contribution in [0.1, 0.15) is 29.9 Å². The van der Waals surface area contributed by atoms with E-state index in [0.717, 1.165) is 16.8 Å². The van der Waals surface area contributed by atoms with Crippen molar-refractivity contribution in [2.24, 2.45) is 0 Å². The van der Waals surface area contributed by atoms with Crippen LogP contribution < -0.4 is 20.9 Å². The number of hydrogen-bond acceptors (Lipinski definition) is 5. The second kappa shape index (κ2) is 9.96. The third kappa shape index (κ3) is 5.13. The van der Waals surface area contributed by atoms with Crippen LogP contribution in [0.5, 0.6) is 0 Å². The van der Waals surface area contributed by atoms with Crippen LogP contribution in [0.25, 0.3) is 11.3 Å². The number of amides is 4. The summed E-state index contributed by atoms with van der Waals surface area (Å²) in [6.07, 6.45) is 1.68. The standard InChI is InChI=1S/C27H25F2N5O3/c1-15-4-2-3-5-19(15)23-8-6-16(12-30-23)31-27(37)32-17-13-34(14-17)18-10-21(28)25(22(29)11-18)20-7-9-24(35)33-26(20)36/h2-6,8,10-12,17,20H,7,9,13-14H2,1H3,(H2,31,32,37)(H,33,35,36). The van der Waals surface area contributed by atoms with E-state index in [0.29, 0.717) is 24.5 Å². The van der Waals surface area contributed by atoms with Gasteiger partial charge in [-0.3, -0.25) is 19.9 Å². The predicted octanol–water partition coefficient (Wildman–Crippen LogP) is 3.87. The molecule has 190 valence electrons. The molecular formula is C27H25F2N5O3. The van der Waals surface area contributed by atoms with Gasteiger partial charge < -0.3 is 15.5 Å². The molecule has 0 radical (unpaired) electrons. The van der Waals surface area contributed by atoms with Crippen molar-refractivity contribution in [2.45, 2.75) is 31.7 Å². The lowest BCUT2D eigenvalue weighted by molar-refractivity contribution is -0.134. The largest absolute Gasteiger partial charge is 0.367 e. The highest BCUT2D eigenvalue weighted by Gasteiger charge is 2.34. The Labute approximate surface area is 212 Å². The number of anilines is 2. The van der Waals surface area contributed by atoms with E-state index in [-0.39, 0.29) is 24.4 Å². The number of hydrogen-bond donors (Lipinski definition) is 3. The number of rotatable bonds is 5. The van der Waals surface area contributed by atoms with Crippen molar-refractivity contribution in [1.29, 1.82) is 0 Å². The molecule has 4 amide bonds. The first-order valence-corrected chi connectivity index (χ1v) is 12.0. The molecule has 2 saturated heterocycles. The number of nitrogens with one attached hydrogen (secondary N) is 3. The van der Waals surface area contributed by atoms with E-state index in [9.17, 15) is 23.2 Å². The molecule has 2 aromatic carbocycles. The zero-order valence-electron chi connectivity index (χ0n) is 20.1. The van der Waals surface area contributed by atoms with Crippen LogP contribution in [0.3, 0.4) is 0 Å². The number of urea groups is 1. The van der Waals surface area contributed by atoms with Crippen LogP contribution in [0.2, 0.25) is 0 Å². The van der Waals surface area contributed by atoms with Crippen LogP contribution >= 0.6 is 0 Å². The predicted molar refractivity (Wildman–Crippen MR) is 134 cm³/mol. The highest BCUT2D eigenvalue weighted by molar-refractivity contribution is 6.01. The molecule has 37 heavy (non-hydrogen) atoms.